The highest BCUT2D eigenvalue weighted by Crippen LogP contribution is 2.36. The predicted octanol–water partition coefficient (Wildman–Crippen LogP) is 3.01. The molecule has 6 rings (SSSR count). The molecule has 2 N–H and O–H groups in total. The van der Waals surface area contributed by atoms with Crippen LogP contribution in [0.15, 0.2) is 35.5 Å². The molecule has 0 radical (unpaired) electrons. The largest absolute Gasteiger partial charge is 0.348 e. The number of fused-ring (bicyclic) bond motifs is 3. The third-order valence-corrected chi connectivity index (χ3v) is 8.33. The maximum Gasteiger partial charge on any atom is 0.257 e. The van der Waals surface area contributed by atoms with Crippen LogP contribution in [0.5, 0.6) is 0 Å². The van der Waals surface area contributed by atoms with Gasteiger partial charge >= 0.3 is 0 Å². The summed E-state index contributed by atoms with van der Waals surface area (Å²) in [6, 6.07) is 5.34. The van der Waals surface area contributed by atoms with Crippen LogP contribution in [0.4, 0.5) is 5.13 Å². The minimum absolute atomic E-state index is 0.113. The van der Waals surface area contributed by atoms with Crippen molar-refractivity contribution in [3.8, 4) is 16.3 Å². The van der Waals surface area contributed by atoms with Crippen molar-refractivity contribution >= 4 is 37.5 Å². The second kappa shape index (κ2) is 7.00. The van der Waals surface area contributed by atoms with Crippen LogP contribution in [0.2, 0.25) is 0 Å². The third-order valence-electron chi connectivity index (χ3n) is 6.21. The summed E-state index contributed by atoms with van der Waals surface area (Å²) < 4.78 is 1.58. The molecule has 0 saturated carbocycles. The Morgan fingerprint density at radius 2 is 1.93 bits per heavy atom. The summed E-state index contributed by atoms with van der Waals surface area (Å²) in [5.74, 6) is 0. The van der Waals surface area contributed by atoms with E-state index < -0.39 is 0 Å². The summed E-state index contributed by atoms with van der Waals surface area (Å²) in [6.07, 6.45) is 10.2. The van der Waals surface area contributed by atoms with E-state index in [1.54, 1.807) is 40.6 Å². The summed E-state index contributed by atoms with van der Waals surface area (Å²) in [5, 5.41) is 12.1. The van der Waals surface area contributed by atoms with Crippen molar-refractivity contribution in [1.82, 2.24) is 30.0 Å². The van der Waals surface area contributed by atoms with Gasteiger partial charge in [0, 0.05) is 49.2 Å². The summed E-state index contributed by atoms with van der Waals surface area (Å²) in [7, 11) is 2.15. The van der Waals surface area contributed by atoms with Crippen molar-refractivity contribution in [3.05, 3.63) is 41.1 Å². The van der Waals surface area contributed by atoms with Gasteiger partial charge in [0.15, 0.2) is 19.9 Å². The molecule has 2 fully saturated rings. The molecule has 6 heterocycles. The predicted molar refractivity (Wildman–Crippen MR) is 120 cm³/mol. The monoisotopic (exact) mass is 439 g/mol. The lowest BCUT2D eigenvalue weighted by Gasteiger charge is -2.35. The van der Waals surface area contributed by atoms with Crippen LogP contribution >= 0.6 is 22.7 Å². The Morgan fingerprint density at radius 1 is 1.13 bits per heavy atom. The molecule has 154 valence electrons. The molecular formula is C20H21N7OS2. The molecule has 8 nitrogen and oxygen atoms in total. The molecule has 4 aromatic heterocycles. The number of nitrogens with zero attached hydrogens (tertiary/aromatic N) is 5. The van der Waals surface area contributed by atoms with Crippen molar-refractivity contribution in [2.24, 2.45) is 0 Å². The maximum atomic E-state index is 12.7. The van der Waals surface area contributed by atoms with E-state index in [0.29, 0.717) is 23.3 Å². The summed E-state index contributed by atoms with van der Waals surface area (Å²) in [4.78, 5) is 26.3. The molecule has 4 aromatic rings. The molecule has 0 spiro atoms. The number of hydrogen-bond acceptors (Lipinski definition) is 8. The number of hydrogen-bond donors (Lipinski definition) is 2. The molecule has 0 amide bonds. The van der Waals surface area contributed by atoms with Gasteiger partial charge in [-0.05, 0) is 37.3 Å². The van der Waals surface area contributed by atoms with Gasteiger partial charge < -0.3 is 10.2 Å². The molecule has 2 bridgehead atoms. The molecule has 30 heavy (non-hydrogen) atoms. The number of thiazole rings is 2. The first-order chi connectivity index (χ1) is 14.6. The van der Waals surface area contributed by atoms with Gasteiger partial charge in [-0.3, -0.25) is 14.5 Å². The van der Waals surface area contributed by atoms with Crippen LogP contribution in [0, 0.1) is 0 Å². The first kappa shape index (κ1) is 18.2. The maximum absolute atomic E-state index is 12.7. The van der Waals surface area contributed by atoms with Gasteiger partial charge in [0.05, 0.1) is 6.20 Å². The number of aromatic nitrogens is 5. The van der Waals surface area contributed by atoms with Crippen molar-refractivity contribution < 1.29 is 0 Å². The lowest BCUT2D eigenvalue weighted by molar-refractivity contribution is 0.354. The first-order valence-electron chi connectivity index (χ1n) is 10.1. The van der Waals surface area contributed by atoms with E-state index in [1.165, 1.54) is 37.0 Å². The van der Waals surface area contributed by atoms with Gasteiger partial charge in [0.25, 0.3) is 5.56 Å². The highest BCUT2D eigenvalue weighted by atomic mass is 32.1. The van der Waals surface area contributed by atoms with Gasteiger partial charge in [0.2, 0.25) is 0 Å². The minimum Gasteiger partial charge on any atom is -0.348 e. The highest BCUT2D eigenvalue weighted by Gasteiger charge is 2.36. The van der Waals surface area contributed by atoms with E-state index in [1.807, 2.05) is 6.07 Å². The smallest absolute Gasteiger partial charge is 0.257 e. The summed E-state index contributed by atoms with van der Waals surface area (Å²) >= 11 is 3.07. The topological polar surface area (TPSA) is 91.7 Å². The number of H-pyrrole nitrogens is 1. The van der Waals surface area contributed by atoms with Crippen molar-refractivity contribution in [1.29, 1.82) is 0 Å². The molecule has 0 unspecified atom stereocenters. The van der Waals surface area contributed by atoms with E-state index in [9.17, 15) is 4.79 Å². The Kier molecular flexibility index (Phi) is 4.25. The highest BCUT2D eigenvalue weighted by molar-refractivity contribution is 7.29. The van der Waals surface area contributed by atoms with Gasteiger partial charge in [-0.15, -0.1) is 0 Å². The number of pyridine rings is 1. The number of rotatable bonds is 4. The molecular weight excluding hydrogens is 418 g/mol. The van der Waals surface area contributed by atoms with Crippen molar-refractivity contribution in [2.45, 2.75) is 43.8 Å². The van der Waals surface area contributed by atoms with Crippen molar-refractivity contribution in [2.75, 3.05) is 11.9 Å². The molecule has 2 saturated heterocycles. The van der Waals surface area contributed by atoms with Crippen LogP contribution in [-0.4, -0.2) is 49.9 Å². The van der Waals surface area contributed by atoms with Crippen LogP contribution < -0.4 is 15.8 Å². The van der Waals surface area contributed by atoms with Crippen molar-refractivity contribution in [3.63, 3.8) is 0 Å². The van der Waals surface area contributed by atoms with E-state index in [0.717, 1.165) is 25.9 Å². The molecule has 2 aliphatic rings. The van der Waals surface area contributed by atoms with Gasteiger partial charge in [-0.2, -0.15) is 5.10 Å². The summed E-state index contributed by atoms with van der Waals surface area (Å²) in [5.41, 5.74) is 1.61. The molecule has 3 atom stereocenters. The van der Waals surface area contributed by atoms with E-state index in [-0.39, 0.29) is 5.56 Å². The Balaban J connectivity index is 1.27. The normalized spacial score (nSPS) is 23.3. The fraction of sp³-hybridized carbons (Fsp3) is 0.400. The van der Waals surface area contributed by atoms with E-state index in [4.69, 9.17) is 9.97 Å². The zero-order valence-electron chi connectivity index (χ0n) is 16.4. The Labute approximate surface area is 180 Å². The van der Waals surface area contributed by atoms with E-state index >= 15 is 0 Å². The zero-order chi connectivity index (χ0) is 20.2. The number of piperidine rings is 1. The number of nitrogens with one attached hydrogen (secondary N) is 2. The average molecular weight is 440 g/mol. The number of anilines is 1. The first-order valence-corrected chi connectivity index (χ1v) is 11.8. The van der Waals surface area contributed by atoms with Gasteiger partial charge in [-0.1, -0.05) is 22.7 Å². The third kappa shape index (κ3) is 3.06. The molecule has 0 aromatic carbocycles. The lowest BCUT2D eigenvalue weighted by Crippen LogP contribution is -2.47. The Bertz CT molecular complexity index is 1210. The fourth-order valence-corrected chi connectivity index (χ4v) is 6.66. The Morgan fingerprint density at radius 3 is 2.63 bits per heavy atom. The zero-order valence-corrected chi connectivity index (χ0v) is 18.0. The standard InChI is InChI=1S/C20H21N7OS2/c1-26(15-7-13-2-3-14(8-15)23-13)19-24-17-18(29-19)25-20(30-17)27-5-4-11(6-16(27)28)12-9-21-22-10-12/h4-6,9-10,13-15,23H,2-3,7-8H2,1H3,(H,21,22)/t13-,14+,15-. The summed E-state index contributed by atoms with van der Waals surface area (Å²) in [6.45, 7) is 0. The van der Waals surface area contributed by atoms with Crippen LogP contribution in [-0.2, 0) is 0 Å². The van der Waals surface area contributed by atoms with Crippen LogP contribution in [0.25, 0.3) is 25.9 Å². The SMILES string of the molecule is CN(c1nc2sc(-n3ccc(-c4cn[nH]c4)cc3=O)nc2s1)[C@@H]1C[C@H]2CC[C@@H](C1)N2. The number of aromatic amines is 1. The molecule has 0 aliphatic carbocycles. The molecule has 10 heteroatoms. The Hall–Kier alpha value is -2.56. The fourth-order valence-electron chi connectivity index (χ4n) is 4.60. The quantitative estimate of drug-likeness (QED) is 0.508. The second-order valence-corrected chi connectivity index (χ2v) is 10.00. The van der Waals surface area contributed by atoms with Gasteiger partial charge in [0.1, 0.15) is 0 Å². The molecule has 2 aliphatic heterocycles. The van der Waals surface area contributed by atoms with Gasteiger partial charge in [-0.25, -0.2) is 9.97 Å². The van der Waals surface area contributed by atoms with E-state index in [2.05, 4.69) is 27.5 Å². The van der Waals surface area contributed by atoms with Crippen LogP contribution in [0.3, 0.4) is 0 Å². The second-order valence-electron chi connectivity index (χ2n) is 8.09. The van der Waals surface area contributed by atoms with Crippen LogP contribution in [0.1, 0.15) is 25.7 Å². The lowest BCUT2D eigenvalue weighted by atomic mass is 9.99. The average Bonchev–Trinajstić information content (AvgIpc) is 3.51. The minimum atomic E-state index is -0.113.